The zero-order valence-electron chi connectivity index (χ0n) is 18.8. The van der Waals surface area contributed by atoms with Gasteiger partial charge in [0.15, 0.2) is 17.8 Å². The average molecular weight is 437 g/mol. The Bertz CT molecular complexity index is 1110. The van der Waals surface area contributed by atoms with Crippen molar-refractivity contribution in [2.45, 2.75) is 19.3 Å². The van der Waals surface area contributed by atoms with E-state index in [2.05, 4.69) is 10.2 Å². The second-order valence-corrected chi connectivity index (χ2v) is 7.60. The van der Waals surface area contributed by atoms with E-state index in [0.29, 0.717) is 22.9 Å². The van der Waals surface area contributed by atoms with Gasteiger partial charge in [-0.3, -0.25) is 9.89 Å². The number of nitrogens with one attached hydrogen (secondary N) is 1. The molecule has 1 N–H and O–H groups in total. The van der Waals surface area contributed by atoms with Crippen molar-refractivity contribution < 1.29 is 23.7 Å². The van der Waals surface area contributed by atoms with Crippen LogP contribution in [0.25, 0.3) is 11.3 Å². The molecule has 168 valence electrons. The SMILES string of the molecule is COc1ccc(-c2n[nH]c3c2C(c2ccc(C)cc2)N(CC(OC)OC)C3=O)cc1OC. The van der Waals surface area contributed by atoms with E-state index in [4.69, 9.17) is 18.9 Å². The van der Waals surface area contributed by atoms with Crippen LogP contribution in [-0.2, 0) is 9.47 Å². The molecule has 0 saturated heterocycles. The predicted molar refractivity (Wildman–Crippen MR) is 119 cm³/mol. The highest BCUT2D eigenvalue weighted by Crippen LogP contribution is 2.44. The summed E-state index contributed by atoms with van der Waals surface area (Å²) >= 11 is 0. The predicted octanol–water partition coefficient (Wildman–Crippen LogP) is 3.57. The van der Waals surface area contributed by atoms with Crippen LogP contribution in [0.1, 0.15) is 33.2 Å². The fourth-order valence-corrected chi connectivity index (χ4v) is 4.09. The van der Waals surface area contributed by atoms with Gasteiger partial charge in [0.05, 0.1) is 32.5 Å². The van der Waals surface area contributed by atoms with Crippen LogP contribution < -0.4 is 9.47 Å². The Morgan fingerprint density at radius 3 is 2.31 bits per heavy atom. The van der Waals surface area contributed by atoms with Crippen molar-refractivity contribution in [2.24, 2.45) is 0 Å². The summed E-state index contributed by atoms with van der Waals surface area (Å²) in [6.45, 7) is 2.31. The quantitative estimate of drug-likeness (QED) is 0.543. The molecule has 1 unspecified atom stereocenters. The number of amides is 1. The van der Waals surface area contributed by atoms with E-state index in [9.17, 15) is 4.79 Å². The zero-order valence-corrected chi connectivity index (χ0v) is 18.8. The van der Waals surface area contributed by atoms with Crippen LogP contribution >= 0.6 is 0 Å². The van der Waals surface area contributed by atoms with Crippen LogP contribution in [0.15, 0.2) is 42.5 Å². The van der Waals surface area contributed by atoms with Crippen molar-refractivity contribution in [1.29, 1.82) is 0 Å². The van der Waals surface area contributed by atoms with E-state index in [1.807, 2.05) is 49.4 Å². The number of ether oxygens (including phenoxy) is 4. The monoisotopic (exact) mass is 437 g/mol. The van der Waals surface area contributed by atoms with Crippen LogP contribution in [0.5, 0.6) is 11.5 Å². The number of carbonyl (C=O) groups excluding carboxylic acids is 1. The lowest BCUT2D eigenvalue weighted by Gasteiger charge is -2.29. The summed E-state index contributed by atoms with van der Waals surface area (Å²) in [5.41, 5.74) is 4.92. The van der Waals surface area contributed by atoms with E-state index in [0.717, 1.165) is 22.3 Å². The standard InChI is InChI=1S/C24H27N3O5/c1-14-6-8-15(9-7-14)23-20-21(16-10-11-17(29-2)18(12-16)30-3)25-26-22(20)24(28)27(23)13-19(31-4)32-5/h6-12,19,23H,13H2,1-5H3,(H,25,26). The Morgan fingerprint density at radius 1 is 1.00 bits per heavy atom. The number of aryl methyl sites for hydroxylation is 1. The van der Waals surface area contributed by atoms with E-state index < -0.39 is 6.29 Å². The summed E-state index contributed by atoms with van der Waals surface area (Å²) in [5.74, 6) is 1.07. The number of hydrogen-bond donors (Lipinski definition) is 1. The molecular formula is C24H27N3O5. The van der Waals surface area contributed by atoms with Crippen LogP contribution in [0.2, 0.25) is 0 Å². The van der Waals surface area contributed by atoms with Crippen molar-refractivity contribution in [3.8, 4) is 22.8 Å². The first-order chi connectivity index (χ1) is 15.5. The van der Waals surface area contributed by atoms with Gasteiger partial charge in [-0.05, 0) is 30.7 Å². The highest BCUT2D eigenvalue weighted by atomic mass is 16.7. The second-order valence-electron chi connectivity index (χ2n) is 7.60. The molecule has 2 heterocycles. The molecule has 4 rings (SSSR count). The molecule has 8 heteroatoms. The van der Waals surface area contributed by atoms with Gasteiger partial charge < -0.3 is 23.8 Å². The lowest BCUT2D eigenvalue weighted by atomic mass is 9.95. The topological polar surface area (TPSA) is 85.9 Å². The van der Waals surface area contributed by atoms with Crippen molar-refractivity contribution >= 4 is 5.91 Å². The number of methoxy groups -OCH3 is 4. The number of aromatic amines is 1. The minimum atomic E-state index is -0.548. The molecule has 1 aromatic heterocycles. The molecule has 1 atom stereocenters. The molecule has 32 heavy (non-hydrogen) atoms. The van der Waals surface area contributed by atoms with E-state index >= 15 is 0 Å². The van der Waals surface area contributed by atoms with Crippen LogP contribution in [0, 0.1) is 6.92 Å². The summed E-state index contributed by atoms with van der Waals surface area (Å²) in [5, 5.41) is 7.46. The maximum atomic E-state index is 13.4. The van der Waals surface area contributed by atoms with Gasteiger partial charge in [0, 0.05) is 25.3 Å². The van der Waals surface area contributed by atoms with Gasteiger partial charge in [0.2, 0.25) is 0 Å². The first-order valence-electron chi connectivity index (χ1n) is 10.3. The number of carbonyl (C=O) groups is 1. The lowest BCUT2D eigenvalue weighted by Crippen LogP contribution is -2.38. The largest absolute Gasteiger partial charge is 0.493 e. The minimum absolute atomic E-state index is 0.149. The normalized spacial score (nSPS) is 15.4. The first kappa shape index (κ1) is 21.9. The number of rotatable bonds is 8. The number of H-pyrrole nitrogens is 1. The maximum absolute atomic E-state index is 13.4. The smallest absolute Gasteiger partial charge is 0.273 e. The third kappa shape index (κ3) is 3.72. The number of hydrogen-bond acceptors (Lipinski definition) is 6. The summed E-state index contributed by atoms with van der Waals surface area (Å²) in [7, 11) is 6.30. The Kier molecular flexibility index (Phi) is 6.16. The molecular weight excluding hydrogens is 410 g/mol. The Morgan fingerprint density at radius 2 is 1.69 bits per heavy atom. The minimum Gasteiger partial charge on any atom is -0.493 e. The molecule has 1 aliphatic rings. The van der Waals surface area contributed by atoms with Crippen molar-refractivity contribution in [2.75, 3.05) is 35.0 Å². The first-order valence-corrected chi connectivity index (χ1v) is 10.3. The van der Waals surface area contributed by atoms with Gasteiger partial charge in [-0.1, -0.05) is 29.8 Å². The molecule has 0 radical (unpaired) electrons. The molecule has 0 spiro atoms. The summed E-state index contributed by atoms with van der Waals surface area (Å²) < 4.78 is 21.6. The fraction of sp³-hybridized carbons (Fsp3) is 0.333. The van der Waals surface area contributed by atoms with Gasteiger partial charge in [-0.15, -0.1) is 0 Å². The van der Waals surface area contributed by atoms with E-state index in [-0.39, 0.29) is 18.5 Å². The van der Waals surface area contributed by atoms with Crippen molar-refractivity contribution in [1.82, 2.24) is 15.1 Å². The fourth-order valence-electron chi connectivity index (χ4n) is 4.09. The van der Waals surface area contributed by atoms with Crippen molar-refractivity contribution in [3.63, 3.8) is 0 Å². The molecule has 1 aliphatic heterocycles. The second kappa shape index (κ2) is 9.02. The third-order valence-corrected chi connectivity index (χ3v) is 5.79. The van der Waals surface area contributed by atoms with Crippen LogP contribution in [0.3, 0.4) is 0 Å². The van der Waals surface area contributed by atoms with Gasteiger partial charge in [0.25, 0.3) is 5.91 Å². The Labute approximate surface area is 187 Å². The van der Waals surface area contributed by atoms with Gasteiger partial charge >= 0.3 is 0 Å². The number of aromatic nitrogens is 2. The number of benzene rings is 2. The molecule has 0 aliphatic carbocycles. The Hall–Kier alpha value is -3.36. The molecule has 0 fully saturated rings. The number of fused-ring (bicyclic) bond motifs is 1. The Balaban J connectivity index is 1.85. The summed E-state index contributed by atoms with van der Waals surface area (Å²) in [6.07, 6.45) is -0.548. The highest BCUT2D eigenvalue weighted by Gasteiger charge is 2.43. The van der Waals surface area contributed by atoms with E-state index in [1.165, 1.54) is 0 Å². The van der Waals surface area contributed by atoms with Crippen molar-refractivity contribution in [3.05, 3.63) is 64.8 Å². The third-order valence-electron chi connectivity index (χ3n) is 5.79. The maximum Gasteiger partial charge on any atom is 0.273 e. The molecule has 0 saturated carbocycles. The number of nitrogens with zero attached hydrogens (tertiary/aromatic N) is 2. The highest BCUT2D eigenvalue weighted by molar-refractivity contribution is 6.00. The van der Waals surface area contributed by atoms with Gasteiger partial charge in [-0.2, -0.15) is 5.10 Å². The van der Waals surface area contributed by atoms with E-state index in [1.54, 1.807) is 33.3 Å². The molecule has 0 bridgehead atoms. The van der Waals surface area contributed by atoms with Crippen LogP contribution in [0.4, 0.5) is 0 Å². The molecule has 3 aromatic rings. The van der Waals surface area contributed by atoms with Crippen LogP contribution in [-0.4, -0.2) is 62.3 Å². The molecule has 1 amide bonds. The average Bonchev–Trinajstić information content (AvgIpc) is 3.36. The zero-order chi connectivity index (χ0) is 22.8. The molecule has 2 aromatic carbocycles. The van der Waals surface area contributed by atoms with Gasteiger partial charge in [-0.25, -0.2) is 0 Å². The molecule has 8 nitrogen and oxygen atoms in total. The summed E-state index contributed by atoms with van der Waals surface area (Å²) in [4.78, 5) is 15.1. The summed E-state index contributed by atoms with van der Waals surface area (Å²) in [6, 6.07) is 13.4. The lowest BCUT2D eigenvalue weighted by molar-refractivity contribution is -0.113. The van der Waals surface area contributed by atoms with Gasteiger partial charge in [0.1, 0.15) is 5.69 Å².